The molecule has 0 saturated heterocycles. The SMILES string of the molecule is O=C(NC1CCCC1)N1CC=C(c2cc3c(Nc4ccc5ncsc5c4)ncnc3[nH]2)CC1. The van der Waals surface area contributed by atoms with Crippen molar-refractivity contribution in [2.24, 2.45) is 0 Å². The molecule has 4 aromatic rings. The Morgan fingerprint density at radius 2 is 2.06 bits per heavy atom. The predicted octanol–water partition coefficient (Wildman–Crippen LogP) is 5.05. The molecule has 2 aliphatic rings. The number of carbonyl (C=O) groups excluding carboxylic acids is 1. The summed E-state index contributed by atoms with van der Waals surface area (Å²) in [7, 11) is 0. The predicted molar refractivity (Wildman–Crippen MR) is 132 cm³/mol. The van der Waals surface area contributed by atoms with Gasteiger partial charge < -0.3 is 20.5 Å². The average molecular weight is 460 g/mol. The first kappa shape index (κ1) is 20.2. The fourth-order valence-electron chi connectivity index (χ4n) is 4.72. The number of amides is 2. The minimum Gasteiger partial charge on any atom is -0.340 e. The molecule has 6 rings (SSSR count). The van der Waals surface area contributed by atoms with Crippen LogP contribution in [0.3, 0.4) is 0 Å². The van der Waals surface area contributed by atoms with Crippen LogP contribution in [-0.4, -0.2) is 50.0 Å². The minimum atomic E-state index is 0.0594. The van der Waals surface area contributed by atoms with Gasteiger partial charge in [0.05, 0.1) is 21.1 Å². The number of hydrogen-bond donors (Lipinski definition) is 3. The third-order valence-electron chi connectivity index (χ3n) is 6.54. The van der Waals surface area contributed by atoms with E-state index in [0.29, 0.717) is 19.1 Å². The number of hydrogen-bond acceptors (Lipinski definition) is 6. The highest BCUT2D eigenvalue weighted by Gasteiger charge is 2.23. The largest absolute Gasteiger partial charge is 0.340 e. The topological polar surface area (TPSA) is 98.8 Å². The third-order valence-corrected chi connectivity index (χ3v) is 7.34. The third kappa shape index (κ3) is 4.04. The summed E-state index contributed by atoms with van der Waals surface area (Å²) in [4.78, 5) is 31.1. The first-order valence-electron chi connectivity index (χ1n) is 11.4. The van der Waals surface area contributed by atoms with Crippen LogP contribution in [0, 0.1) is 0 Å². The van der Waals surface area contributed by atoms with Crippen LogP contribution in [-0.2, 0) is 0 Å². The highest BCUT2D eigenvalue weighted by Crippen LogP contribution is 2.30. The van der Waals surface area contributed by atoms with Crippen molar-refractivity contribution in [1.82, 2.24) is 30.2 Å². The van der Waals surface area contributed by atoms with Crippen LogP contribution in [0.4, 0.5) is 16.3 Å². The van der Waals surface area contributed by atoms with Crippen LogP contribution in [0.1, 0.15) is 37.8 Å². The summed E-state index contributed by atoms with van der Waals surface area (Å²) < 4.78 is 1.13. The van der Waals surface area contributed by atoms with Gasteiger partial charge in [-0.25, -0.2) is 19.7 Å². The fraction of sp³-hybridized carbons (Fsp3) is 0.333. The molecule has 3 N–H and O–H groups in total. The molecule has 1 aliphatic heterocycles. The van der Waals surface area contributed by atoms with Crippen molar-refractivity contribution in [2.75, 3.05) is 18.4 Å². The average Bonchev–Trinajstić information content (AvgIpc) is 3.60. The van der Waals surface area contributed by atoms with E-state index in [2.05, 4.69) is 48.8 Å². The molecule has 1 fully saturated rings. The van der Waals surface area contributed by atoms with Gasteiger partial charge in [0.25, 0.3) is 0 Å². The summed E-state index contributed by atoms with van der Waals surface area (Å²) in [6, 6.07) is 8.61. The summed E-state index contributed by atoms with van der Waals surface area (Å²) in [6.07, 6.45) is 9.16. The van der Waals surface area contributed by atoms with Gasteiger partial charge in [-0.3, -0.25) is 0 Å². The molecule has 0 unspecified atom stereocenters. The van der Waals surface area contributed by atoms with Gasteiger partial charge in [0.2, 0.25) is 0 Å². The lowest BCUT2D eigenvalue weighted by atomic mass is 10.1. The molecule has 0 spiro atoms. The lowest BCUT2D eigenvalue weighted by Crippen LogP contribution is -2.45. The lowest BCUT2D eigenvalue weighted by Gasteiger charge is -2.28. The van der Waals surface area contributed by atoms with Crippen molar-refractivity contribution < 1.29 is 4.79 Å². The summed E-state index contributed by atoms with van der Waals surface area (Å²) in [5.41, 5.74) is 6.85. The van der Waals surface area contributed by atoms with E-state index in [0.717, 1.165) is 57.7 Å². The molecule has 8 nitrogen and oxygen atoms in total. The van der Waals surface area contributed by atoms with Crippen LogP contribution in [0.15, 0.2) is 42.2 Å². The zero-order chi connectivity index (χ0) is 22.2. The second kappa shape index (κ2) is 8.47. The molecule has 4 heterocycles. The quantitative estimate of drug-likeness (QED) is 0.397. The van der Waals surface area contributed by atoms with Gasteiger partial charge in [-0.2, -0.15) is 0 Å². The van der Waals surface area contributed by atoms with E-state index in [1.54, 1.807) is 17.7 Å². The number of urea groups is 1. The van der Waals surface area contributed by atoms with E-state index in [9.17, 15) is 4.79 Å². The second-order valence-electron chi connectivity index (χ2n) is 8.68. The van der Waals surface area contributed by atoms with E-state index in [1.165, 1.54) is 18.4 Å². The number of carbonyl (C=O) groups is 1. The molecule has 0 atom stereocenters. The van der Waals surface area contributed by atoms with Gasteiger partial charge >= 0.3 is 6.03 Å². The van der Waals surface area contributed by atoms with Crippen molar-refractivity contribution in [3.63, 3.8) is 0 Å². The van der Waals surface area contributed by atoms with Crippen molar-refractivity contribution >= 4 is 55.7 Å². The molecular weight excluding hydrogens is 434 g/mol. The maximum absolute atomic E-state index is 12.6. The first-order chi connectivity index (χ1) is 16.2. The van der Waals surface area contributed by atoms with Gasteiger partial charge in [0, 0.05) is 30.5 Å². The molecule has 0 bridgehead atoms. The molecule has 0 radical (unpaired) electrons. The Morgan fingerprint density at radius 3 is 2.91 bits per heavy atom. The summed E-state index contributed by atoms with van der Waals surface area (Å²) in [5.74, 6) is 0.764. The fourth-order valence-corrected chi connectivity index (χ4v) is 5.43. The van der Waals surface area contributed by atoms with E-state index in [1.807, 2.05) is 22.5 Å². The molecule has 2 amide bonds. The number of nitrogens with zero attached hydrogens (tertiary/aromatic N) is 4. The number of thiazole rings is 1. The normalized spacial score (nSPS) is 17.0. The highest BCUT2D eigenvalue weighted by atomic mass is 32.1. The Bertz CT molecular complexity index is 1350. The maximum atomic E-state index is 12.6. The summed E-state index contributed by atoms with van der Waals surface area (Å²) in [6.45, 7) is 1.33. The number of aromatic nitrogens is 4. The molecule has 168 valence electrons. The van der Waals surface area contributed by atoms with Gasteiger partial charge in [-0.15, -0.1) is 11.3 Å². The molecular formula is C24H25N7OS. The Labute approximate surface area is 195 Å². The molecule has 3 aromatic heterocycles. The number of aromatic amines is 1. The zero-order valence-corrected chi connectivity index (χ0v) is 19.0. The second-order valence-corrected chi connectivity index (χ2v) is 9.57. The van der Waals surface area contributed by atoms with E-state index in [-0.39, 0.29) is 6.03 Å². The Morgan fingerprint density at radius 1 is 1.15 bits per heavy atom. The Hall–Kier alpha value is -3.46. The zero-order valence-electron chi connectivity index (χ0n) is 18.2. The van der Waals surface area contributed by atoms with E-state index < -0.39 is 0 Å². The van der Waals surface area contributed by atoms with Gasteiger partial charge in [-0.05, 0) is 49.1 Å². The van der Waals surface area contributed by atoms with Crippen molar-refractivity contribution in [3.05, 3.63) is 47.9 Å². The number of rotatable bonds is 4. The molecule has 1 aliphatic carbocycles. The van der Waals surface area contributed by atoms with Gasteiger partial charge in [-0.1, -0.05) is 18.9 Å². The van der Waals surface area contributed by atoms with Crippen molar-refractivity contribution in [1.29, 1.82) is 0 Å². The number of nitrogens with one attached hydrogen (secondary N) is 3. The minimum absolute atomic E-state index is 0.0594. The lowest BCUT2D eigenvalue weighted by molar-refractivity contribution is 0.199. The number of fused-ring (bicyclic) bond motifs is 2. The van der Waals surface area contributed by atoms with Crippen molar-refractivity contribution in [3.8, 4) is 0 Å². The van der Waals surface area contributed by atoms with Crippen LogP contribution in [0.5, 0.6) is 0 Å². The molecule has 9 heteroatoms. The smallest absolute Gasteiger partial charge is 0.317 e. The monoisotopic (exact) mass is 459 g/mol. The van der Waals surface area contributed by atoms with Crippen LogP contribution in [0.25, 0.3) is 26.8 Å². The van der Waals surface area contributed by atoms with Gasteiger partial charge in [0.1, 0.15) is 17.8 Å². The Balaban J connectivity index is 1.20. The molecule has 1 aromatic carbocycles. The van der Waals surface area contributed by atoms with E-state index >= 15 is 0 Å². The van der Waals surface area contributed by atoms with Gasteiger partial charge in [0.15, 0.2) is 0 Å². The highest BCUT2D eigenvalue weighted by molar-refractivity contribution is 7.16. The molecule has 33 heavy (non-hydrogen) atoms. The first-order valence-corrected chi connectivity index (χ1v) is 12.3. The van der Waals surface area contributed by atoms with Crippen LogP contribution >= 0.6 is 11.3 Å². The summed E-state index contributed by atoms with van der Waals surface area (Å²) in [5, 5.41) is 7.56. The summed E-state index contributed by atoms with van der Waals surface area (Å²) >= 11 is 1.62. The van der Waals surface area contributed by atoms with Crippen LogP contribution in [0.2, 0.25) is 0 Å². The number of benzene rings is 1. The van der Waals surface area contributed by atoms with E-state index in [4.69, 9.17) is 0 Å². The van der Waals surface area contributed by atoms with Crippen LogP contribution < -0.4 is 10.6 Å². The number of H-pyrrole nitrogens is 1. The Kier molecular flexibility index (Phi) is 5.18. The molecule has 1 saturated carbocycles. The standard InChI is InChI=1S/C24H25N7OS/c32-24(29-16-3-1-2-4-16)31-9-7-15(8-10-31)20-12-18-22(25-13-26-23(18)30-20)28-17-5-6-19-21(11-17)33-14-27-19/h5-7,11-14,16H,1-4,8-10H2,(H,29,32)(H2,25,26,28,30). The maximum Gasteiger partial charge on any atom is 0.317 e. The number of anilines is 2. The van der Waals surface area contributed by atoms with Crippen molar-refractivity contribution in [2.45, 2.75) is 38.1 Å².